The highest BCUT2D eigenvalue weighted by molar-refractivity contribution is 6.33. The van der Waals surface area contributed by atoms with E-state index in [1.165, 1.54) is 30.2 Å². The van der Waals surface area contributed by atoms with Crippen LogP contribution in [0.2, 0.25) is 5.02 Å². The highest BCUT2D eigenvalue weighted by atomic mass is 35.5. The first-order valence-corrected chi connectivity index (χ1v) is 13.8. The number of nitrogens with zero attached hydrogens (tertiary/aromatic N) is 6. The van der Waals surface area contributed by atoms with E-state index < -0.39 is 63.4 Å². The van der Waals surface area contributed by atoms with E-state index in [0.29, 0.717) is 13.1 Å². The van der Waals surface area contributed by atoms with Crippen molar-refractivity contribution < 1.29 is 27.9 Å². The maximum Gasteiger partial charge on any atom is 0.263 e. The molecule has 4 aromatic rings. The number of carbonyl (C=O) groups excluding carboxylic acids is 2. The number of rotatable bonds is 6. The number of aryl methyl sites for hydroxylation is 1. The average Bonchev–Trinajstić information content (AvgIpc) is 3.29. The van der Waals surface area contributed by atoms with Crippen LogP contribution in [0.5, 0.6) is 5.75 Å². The van der Waals surface area contributed by atoms with Crippen molar-refractivity contribution in [2.45, 2.75) is 32.5 Å². The van der Waals surface area contributed by atoms with Crippen LogP contribution in [-0.2, 0) is 18.4 Å². The smallest absolute Gasteiger partial charge is 0.263 e. The lowest BCUT2D eigenvalue weighted by molar-refractivity contribution is -0.116. The molecule has 1 aromatic carbocycles. The van der Waals surface area contributed by atoms with Gasteiger partial charge in [-0.05, 0) is 27.0 Å². The molecular weight excluding hydrogens is 605 g/mol. The molecule has 1 aliphatic heterocycles. The number of hydrogen-bond donors (Lipinski definition) is 3. The number of benzene rings is 1. The lowest BCUT2D eigenvalue weighted by atomic mass is 10.0. The van der Waals surface area contributed by atoms with Crippen molar-refractivity contribution >= 4 is 46.0 Å². The van der Waals surface area contributed by atoms with Crippen molar-refractivity contribution in [2.24, 2.45) is 12.8 Å². The van der Waals surface area contributed by atoms with Crippen molar-refractivity contribution in [1.82, 2.24) is 24.0 Å². The van der Waals surface area contributed by atoms with Gasteiger partial charge < -0.3 is 35.1 Å². The summed E-state index contributed by atoms with van der Waals surface area (Å²) in [5.74, 6) is -7.24. The number of halogens is 4. The Morgan fingerprint density at radius 3 is 2.41 bits per heavy atom. The van der Waals surface area contributed by atoms with Crippen LogP contribution in [0.1, 0.15) is 24.2 Å². The number of aromatic hydroxyl groups is 1. The van der Waals surface area contributed by atoms with Gasteiger partial charge in [-0.15, -0.1) is 0 Å². The predicted octanol–water partition coefficient (Wildman–Crippen LogP) is 2.84. The fraction of sp³-hybridized carbons (Fsp3) is 0.321. The molecule has 12 nitrogen and oxygen atoms in total. The summed E-state index contributed by atoms with van der Waals surface area (Å²) in [5.41, 5.74) is 2.94. The molecule has 16 heteroatoms. The number of nitrogens with two attached hydrogens (primary N) is 1. The first-order valence-electron chi connectivity index (χ1n) is 13.4. The molecule has 1 aliphatic rings. The molecule has 0 bridgehead atoms. The molecule has 1 fully saturated rings. The van der Waals surface area contributed by atoms with E-state index in [2.05, 4.69) is 20.2 Å². The third-order valence-corrected chi connectivity index (χ3v) is 7.89. The first-order chi connectivity index (χ1) is 20.7. The van der Waals surface area contributed by atoms with E-state index in [-0.39, 0.29) is 40.2 Å². The number of fused-ring (bicyclic) bond motifs is 1. The summed E-state index contributed by atoms with van der Waals surface area (Å²) in [7, 11) is 3.36. The summed E-state index contributed by atoms with van der Waals surface area (Å²) in [4.78, 5) is 50.4. The first kappa shape index (κ1) is 30.8. The Morgan fingerprint density at radius 1 is 1.11 bits per heavy atom. The minimum atomic E-state index is -1.75. The van der Waals surface area contributed by atoms with Gasteiger partial charge in [0.1, 0.15) is 23.0 Å². The number of amides is 2. The van der Waals surface area contributed by atoms with Crippen molar-refractivity contribution in [3.05, 3.63) is 63.2 Å². The largest absolute Gasteiger partial charge is 0.504 e. The Labute approximate surface area is 253 Å². The molecule has 1 saturated heterocycles. The van der Waals surface area contributed by atoms with E-state index in [1.807, 2.05) is 25.8 Å². The lowest BCUT2D eigenvalue weighted by Crippen LogP contribution is -2.56. The minimum absolute atomic E-state index is 0.0149. The van der Waals surface area contributed by atoms with E-state index >= 15 is 4.39 Å². The molecule has 0 radical (unpaired) electrons. The van der Waals surface area contributed by atoms with Crippen molar-refractivity contribution in [1.29, 1.82) is 0 Å². The number of primary amides is 1. The van der Waals surface area contributed by atoms with Gasteiger partial charge >= 0.3 is 0 Å². The molecule has 0 unspecified atom stereocenters. The Balaban J connectivity index is 1.54. The molecule has 0 saturated carbocycles. The van der Waals surface area contributed by atoms with Crippen molar-refractivity contribution in [2.75, 3.05) is 30.4 Å². The molecule has 0 aliphatic carbocycles. The summed E-state index contributed by atoms with van der Waals surface area (Å²) in [6, 6.07) is 2.25. The van der Waals surface area contributed by atoms with Gasteiger partial charge in [0.05, 0.1) is 23.0 Å². The highest BCUT2D eigenvalue weighted by Crippen LogP contribution is 2.36. The molecule has 2 atom stereocenters. The average molecular weight is 633 g/mol. The Kier molecular flexibility index (Phi) is 8.03. The van der Waals surface area contributed by atoms with Gasteiger partial charge in [0.25, 0.3) is 11.5 Å². The maximum absolute atomic E-state index is 15.1. The number of anilines is 2. The summed E-state index contributed by atoms with van der Waals surface area (Å²) >= 11 is 6.17. The van der Waals surface area contributed by atoms with Gasteiger partial charge in [0.2, 0.25) is 17.7 Å². The highest BCUT2D eigenvalue weighted by Gasteiger charge is 2.30. The number of nitrogens with one attached hydrogen (secondary N) is 1. The van der Waals surface area contributed by atoms with Gasteiger partial charge in [-0.1, -0.05) is 11.6 Å². The molecule has 2 amide bonds. The van der Waals surface area contributed by atoms with Gasteiger partial charge in [0.15, 0.2) is 11.6 Å². The minimum Gasteiger partial charge on any atom is -0.504 e. The van der Waals surface area contributed by atoms with E-state index in [4.69, 9.17) is 17.3 Å². The van der Waals surface area contributed by atoms with Crippen LogP contribution >= 0.6 is 11.6 Å². The molecule has 4 N–H and O–H groups in total. The third kappa shape index (κ3) is 5.32. The normalized spacial score (nSPS) is 17.3. The quantitative estimate of drug-likeness (QED) is 0.275. The van der Waals surface area contributed by atoms with E-state index in [0.717, 1.165) is 10.6 Å². The molecule has 4 heterocycles. The maximum atomic E-state index is 15.1. The predicted molar refractivity (Wildman–Crippen MR) is 157 cm³/mol. The number of carbonyl (C=O) groups is 2. The van der Waals surface area contributed by atoms with Crippen LogP contribution in [0.25, 0.3) is 22.2 Å². The SMILES string of the molecule is C[C@H]1CN(C)C[C@H](C)N1c1cc(NC(=O)Cn2cc(-c3cc(C(N)=O)c(O)c(F)c3F)c3c(=O)n(C)cnc32)c(Cl)c(F)n1. The summed E-state index contributed by atoms with van der Waals surface area (Å²) in [6.45, 7) is 4.85. The van der Waals surface area contributed by atoms with Crippen LogP contribution < -0.4 is 21.5 Å². The van der Waals surface area contributed by atoms with Crippen molar-refractivity contribution in [3.63, 3.8) is 0 Å². The van der Waals surface area contributed by atoms with E-state index in [9.17, 15) is 28.3 Å². The zero-order valence-electron chi connectivity index (χ0n) is 24.0. The molecule has 44 heavy (non-hydrogen) atoms. The lowest BCUT2D eigenvalue weighted by Gasteiger charge is -2.44. The number of pyridine rings is 1. The fourth-order valence-electron chi connectivity index (χ4n) is 5.68. The second-order valence-corrected chi connectivity index (χ2v) is 11.2. The Morgan fingerprint density at radius 2 is 1.77 bits per heavy atom. The molecule has 3 aromatic heterocycles. The van der Waals surface area contributed by atoms with Gasteiger partial charge in [0, 0.05) is 55.6 Å². The van der Waals surface area contributed by atoms with E-state index in [1.54, 1.807) is 0 Å². The van der Waals surface area contributed by atoms with Gasteiger partial charge in [-0.3, -0.25) is 14.4 Å². The zero-order chi connectivity index (χ0) is 32.2. The second kappa shape index (κ2) is 11.5. The molecule has 5 rings (SSSR count). The third-order valence-electron chi connectivity index (χ3n) is 7.53. The summed E-state index contributed by atoms with van der Waals surface area (Å²) in [5, 5.41) is 11.8. The number of piperazine rings is 1. The number of likely N-dealkylation sites (N-methyl/N-ethyl adjacent to an activating group) is 1. The Hall–Kier alpha value is -4.63. The van der Waals surface area contributed by atoms with Crippen molar-refractivity contribution in [3.8, 4) is 16.9 Å². The molecule has 0 spiro atoms. The molecular formula is C28H28ClF3N8O4. The van der Waals surface area contributed by atoms with Crippen LogP contribution in [0, 0.1) is 17.6 Å². The van der Waals surface area contributed by atoms with Crippen LogP contribution in [0.15, 0.2) is 29.5 Å². The van der Waals surface area contributed by atoms with Crippen LogP contribution in [0.3, 0.4) is 0 Å². The number of phenols is 1. The van der Waals surface area contributed by atoms with Crippen LogP contribution in [-0.4, -0.2) is 73.1 Å². The zero-order valence-corrected chi connectivity index (χ0v) is 24.8. The topological polar surface area (TPSA) is 152 Å². The van der Waals surface area contributed by atoms with Gasteiger partial charge in [-0.2, -0.15) is 8.78 Å². The number of hydrogen-bond acceptors (Lipinski definition) is 8. The number of aromatic nitrogens is 4. The standard InChI is InChI=1S/C28H28ClF3N8O4/c1-12-7-37(3)8-13(2)40(12)18-6-17(21(29)25(32)36-18)35-19(41)10-39-9-16(20-27(39)34-11-38(4)28(20)44)14-5-15(26(33)43)24(42)23(31)22(14)30/h5-6,9,11-13,42H,7-8,10H2,1-4H3,(H2,33,43)(H,35,36,41)/t12-,13-/m0/s1. The monoisotopic (exact) mass is 632 g/mol. The Bertz CT molecular complexity index is 1880. The fourth-order valence-corrected chi connectivity index (χ4v) is 5.83. The summed E-state index contributed by atoms with van der Waals surface area (Å²) in [6.07, 6.45) is 2.34. The van der Waals surface area contributed by atoms with Crippen LogP contribution in [0.4, 0.5) is 24.7 Å². The second-order valence-electron chi connectivity index (χ2n) is 10.8. The van der Waals surface area contributed by atoms with Gasteiger partial charge in [-0.25, -0.2) is 14.4 Å². The summed E-state index contributed by atoms with van der Waals surface area (Å²) < 4.78 is 46.8. The molecule has 232 valence electrons.